The highest BCUT2D eigenvalue weighted by Crippen LogP contribution is 2.40. The highest BCUT2D eigenvalue weighted by Gasteiger charge is 2.61. The second-order valence-corrected chi connectivity index (χ2v) is 26.1. The summed E-state index contributed by atoms with van der Waals surface area (Å²) < 4.78 is 87.7. The maximum atomic E-state index is 13.4. The van der Waals surface area contributed by atoms with Crippen molar-refractivity contribution in [1.82, 2.24) is 16.0 Å². The van der Waals surface area contributed by atoms with Crippen molar-refractivity contribution in [3.8, 4) is 0 Å². The van der Waals surface area contributed by atoms with Crippen molar-refractivity contribution >= 4 is 23.7 Å². The van der Waals surface area contributed by atoms with Crippen LogP contribution in [0, 0.1) is 0 Å². The van der Waals surface area contributed by atoms with Crippen LogP contribution in [-0.2, 0) is 90.2 Å². The first-order valence-electron chi connectivity index (χ1n) is 32.6. The second-order valence-electron chi connectivity index (χ2n) is 26.1. The molecule has 0 aromatic heterocycles. The van der Waals surface area contributed by atoms with Gasteiger partial charge < -0.3 is 210 Å². The Bertz CT molecular complexity index is 2720. The third-order valence-electron chi connectivity index (χ3n) is 18.8. The van der Waals surface area contributed by atoms with E-state index in [-0.39, 0.29) is 0 Å². The van der Waals surface area contributed by atoms with E-state index in [1.54, 1.807) is 0 Å². The van der Waals surface area contributed by atoms with E-state index in [1.165, 1.54) is 6.92 Å². The number of ether oxygens (including phenoxy) is 15. The molecule has 8 aliphatic heterocycles. The molecule has 27 N–H and O–H groups in total. The first-order chi connectivity index (χ1) is 48.5. The number of carbonyl (C=O) groups is 4. The van der Waals surface area contributed by atoms with Crippen LogP contribution in [0.1, 0.15) is 34.1 Å². The zero-order valence-electron chi connectivity index (χ0n) is 55.2. The lowest BCUT2D eigenvalue weighted by Crippen LogP contribution is -2.70. The predicted octanol–water partition coefficient (Wildman–Crippen LogP) is -17.8. The SMILES string of the molecule is CC(=O)N[C@H]1[C@H](OC[C@H]2O[C@@H](O[C@H]3[C@H](O)[C@@H](O)[C@@H](O)O[C@@H]3CO)[C@H](O)[C@@H](O[C@@H]3O[C@H](CO)[C@@H](O[C@@H]4O[C@H](CO)[C@H](O)[C@H](O)[C@H]4O[C@@H]4O[C@@H](C)[C@@H](O)[C@@H](O)[C@@H]4O)[C@H](O)[C@H]3NC(C)=O)[C@H]2O)O[C@H](CO[C@]2(C(=O)O)C[C@H](O)[C@@H](NC(C)=O)[C@H]([C@H](O)[C@H](O)CO)O2)[C@@H](O[C@@H]2O[C@H](CO)[C@H](O)[C@H](O)[C@H]2O)[C@@H]1O. The molecule has 0 aromatic rings. The van der Waals surface area contributed by atoms with Crippen LogP contribution in [0.2, 0.25) is 0 Å². The van der Waals surface area contributed by atoms with Gasteiger partial charge in [-0.05, 0) is 6.92 Å². The molecule has 0 spiro atoms. The monoisotopic (exact) mass is 1510 g/mol. The van der Waals surface area contributed by atoms with Crippen molar-refractivity contribution in [1.29, 1.82) is 0 Å². The molecule has 103 heavy (non-hydrogen) atoms. The van der Waals surface area contributed by atoms with E-state index >= 15 is 0 Å². The van der Waals surface area contributed by atoms with Gasteiger partial charge in [-0.2, -0.15) is 0 Å². The Morgan fingerprint density at radius 2 is 0.845 bits per heavy atom. The average Bonchev–Trinajstić information content (AvgIpc) is 0.771. The fourth-order valence-corrected chi connectivity index (χ4v) is 13.1. The van der Waals surface area contributed by atoms with Crippen LogP contribution < -0.4 is 16.0 Å². The summed E-state index contributed by atoms with van der Waals surface area (Å²) in [6.07, 6.45) is -78.0. The minimum Gasteiger partial charge on any atom is -0.477 e. The lowest BCUT2D eigenvalue weighted by Gasteiger charge is -2.51. The highest BCUT2D eigenvalue weighted by molar-refractivity contribution is 5.77. The molecule has 0 radical (unpaired) electrons. The van der Waals surface area contributed by atoms with Gasteiger partial charge in [0.1, 0.15) is 183 Å². The highest BCUT2D eigenvalue weighted by atomic mass is 16.8. The molecule has 8 rings (SSSR count). The maximum absolute atomic E-state index is 13.4. The van der Waals surface area contributed by atoms with Crippen molar-refractivity contribution in [3.05, 3.63) is 0 Å². The van der Waals surface area contributed by atoms with Gasteiger partial charge in [-0.15, -0.1) is 0 Å². The van der Waals surface area contributed by atoms with Crippen molar-refractivity contribution in [2.75, 3.05) is 46.2 Å². The lowest BCUT2D eigenvalue weighted by molar-refractivity contribution is -0.392. The van der Waals surface area contributed by atoms with Crippen LogP contribution in [0.5, 0.6) is 0 Å². The Hall–Kier alpha value is -3.64. The number of carboxylic acid groups (broad SMARTS) is 1. The van der Waals surface area contributed by atoms with E-state index in [0.717, 1.165) is 20.8 Å². The topological polar surface area (TPSA) is 728 Å². The summed E-state index contributed by atoms with van der Waals surface area (Å²) >= 11 is 0. The molecule has 596 valence electrons. The fourth-order valence-electron chi connectivity index (χ4n) is 13.1. The molecule has 46 nitrogen and oxygen atoms in total. The van der Waals surface area contributed by atoms with Gasteiger partial charge in [0, 0.05) is 27.2 Å². The number of carboxylic acids is 1. The molecular weight excluding hydrogens is 1410 g/mol. The normalized spacial score (nSPS) is 48.3. The standard InChI is InChI=1S/C57H95N3O43/c1-13-28(71)35(78)40(83)52(91-13)102-48-37(80)31(74)20(8-63)94-55(48)100-43-22(10-65)95-51(27(34(43)77)60-16(4)68)101-47-32(75)23(96-54(42(47)85)98-44-21(9-64)92-49(86)39(82)38(44)81)11-89-50-26(59-15(3)67)33(76)45(99-53-41(84)36(79)30(73)19(7-62)93-53)24(97-50)12-90-57(56(87)88)5-17(69)25(58-14(2)66)46(103-57)29(72)18(70)6-61/h13,17-55,61-65,69-86H,5-12H2,1-4H3,(H,58,66)(H,59,67)(H,60,68)(H,87,88)/t13-,17-,18+,19+,20+,21+,22+,23+,24+,25+,26+,27+,28+,29+,30-,31-,32-,33+,34+,35+,36-,37-,38+,39+,40-,41+,42+,43+,44+,45+,46+,47-,48+,49-,50+,51-,52-,53-,54-,55-,57+/m0/s1. The summed E-state index contributed by atoms with van der Waals surface area (Å²) in [4.78, 5) is 51.8. The number of aliphatic hydroxyl groups is 23. The molecule has 0 aliphatic carbocycles. The van der Waals surface area contributed by atoms with Gasteiger partial charge in [0.15, 0.2) is 44.0 Å². The summed E-state index contributed by atoms with van der Waals surface area (Å²) in [5.74, 6) is -8.13. The van der Waals surface area contributed by atoms with Gasteiger partial charge in [-0.25, -0.2) is 4.79 Å². The number of nitrogens with one attached hydrogen (secondary N) is 3. The van der Waals surface area contributed by atoms with Gasteiger partial charge in [0.05, 0.1) is 64.5 Å². The molecule has 0 unspecified atom stereocenters. The van der Waals surface area contributed by atoms with Gasteiger partial charge >= 0.3 is 5.97 Å². The summed E-state index contributed by atoms with van der Waals surface area (Å²) in [5, 5.41) is 270. The summed E-state index contributed by atoms with van der Waals surface area (Å²) in [7, 11) is 0. The van der Waals surface area contributed by atoms with Crippen LogP contribution in [0.3, 0.4) is 0 Å². The molecule has 3 amide bonds. The number of aliphatic carboxylic acids is 1. The molecule has 0 aromatic carbocycles. The van der Waals surface area contributed by atoms with Gasteiger partial charge in [-0.1, -0.05) is 0 Å². The number of rotatable bonds is 27. The molecule has 0 saturated carbocycles. The van der Waals surface area contributed by atoms with Gasteiger partial charge in [0.25, 0.3) is 5.79 Å². The first-order valence-corrected chi connectivity index (χ1v) is 32.6. The van der Waals surface area contributed by atoms with E-state index in [9.17, 15) is 142 Å². The van der Waals surface area contributed by atoms with Crippen molar-refractivity contribution < 1.29 is 213 Å². The molecule has 8 saturated heterocycles. The van der Waals surface area contributed by atoms with Crippen molar-refractivity contribution in [3.63, 3.8) is 0 Å². The Morgan fingerprint density at radius 3 is 1.40 bits per heavy atom. The van der Waals surface area contributed by atoms with Crippen LogP contribution in [0.15, 0.2) is 0 Å². The number of hydrogen-bond acceptors (Lipinski definition) is 42. The molecule has 8 heterocycles. The predicted molar refractivity (Wildman–Crippen MR) is 315 cm³/mol. The van der Waals surface area contributed by atoms with Gasteiger partial charge in [0.2, 0.25) is 17.7 Å². The average molecular weight is 1510 g/mol. The third-order valence-corrected chi connectivity index (χ3v) is 18.8. The molecular formula is C57H95N3O43. The van der Waals surface area contributed by atoms with Crippen molar-refractivity contribution in [2.24, 2.45) is 0 Å². The Balaban J connectivity index is 1.13. The molecule has 8 fully saturated rings. The fraction of sp³-hybridized carbons (Fsp3) is 0.930. The molecule has 46 heteroatoms. The number of aliphatic hydroxyl groups excluding tert-OH is 23. The zero-order valence-corrected chi connectivity index (χ0v) is 55.2. The Morgan fingerprint density at radius 1 is 0.417 bits per heavy atom. The molecule has 0 bridgehead atoms. The number of amides is 3. The lowest BCUT2D eigenvalue weighted by atomic mass is 9.88. The summed E-state index contributed by atoms with van der Waals surface area (Å²) in [6, 6.07) is -5.72. The summed E-state index contributed by atoms with van der Waals surface area (Å²) in [5.41, 5.74) is 0. The molecule has 8 aliphatic rings. The van der Waals surface area contributed by atoms with Crippen LogP contribution in [-0.4, -0.2) is 444 Å². The van der Waals surface area contributed by atoms with Crippen LogP contribution in [0.25, 0.3) is 0 Å². The second kappa shape index (κ2) is 36.3. The quantitative estimate of drug-likeness (QED) is 0.0363. The van der Waals surface area contributed by atoms with Crippen LogP contribution in [0.4, 0.5) is 0 Å². The Labute approximate surface area is 582 Å². The summed E-state index contributed by atoms with van der Waals surface area (Å²) in [6.45, 7) is -3.94. The van der Waals surface area contributed by atoms with E-state index in [1.807, 2.05) is 0 Å². The minimum atomic E-state index is -3.19. The minimum absolute atomic E-state index is 0.868. The van der Waals surface area contributed by atoms with Gasteiger partial charge in [-0.3, -0.25) is 14.4 Å². The van der Waals surface area contributed by atoms with Crippen molar-refractivity contribution in [2.45, 2.75) is 285 Å². The zero-order chi connectivity index (χ0) is 76.3. The smallest absolute Gasteiger partial charge is 0.364 e. The molecule has 41 atom stereocenters. The Kier molecular flexibility index (Phi) is 29.9. The van der Waals surface area contributed by atoms with Crippen LogP contribution >= 0.6 is 0 Å². The maximum Gasteiger partial charge on any atom is 0.364 e. The largest absolute Gasteiger partial charge is 0.477 e. The number of carbonyl (C=O) groups excluding carboxylic acids is 3. The van der Waals surface area contributed by atoms with E-state index in [2.05, 4.69) is 16.0 Å². The van der Waals surface area contributed by atoms with E-state index in [4.69, 9.17) is 71.1 Å². The van der Waals surface area contributed by atoms with E-state index < -0.39 is 327 Å². The third kappa shape index (κ3) is 18.6. The van der Waals surface area contributed by atoms with E-state index in [0.29, 0.717) is 0 Å². The number of hydrogen-bond donors (Lipinski definition) is 27. The first kappa shape index (κ1) is 85.0.